The Balaban J connectivity index is 4.53. The first kappa shape index (κ1) is 16.9. The van der Waals surface area contributed by atoms with Crippen LogP contribution in [-0.4, -0.2) is 46.6 Å². The van der Waals surface area contributed by atoms with Crippen LogP contribution >= 0.6 is 0 Å². The molecule has 0 rings (SSSR count). The highest BCUT2D eigenvalue weighted by atomic mass is 15.3. The van der Waals surface area contributed by atoms with Gasteiger partial charge in [0, 0.05) is 24.2 Å². The van der Waals surface area contributed by atoms with Gasteiger partial charge in [-0.25, -0.2) is 0 Å². The van der Waals surface area contributed by atoms with Gasteiger partial charge >= 0.3 is 0 Å². The second-order valence-corrected chi connectivity index (χ2v) is 5.73. The third-order valence-electron chi connectivity index (χ3n) is 2.82. The van der Waals surface area contributed by atoms with Gasteiger partial charge in [0.1, 0.15) is 12.7 Å². The number of hydrogen-bond donors (Lipinski definition) is 0. The van der Waals surface area contributed by atoms with Crippen molar-refractivity contribution in [3.05, 3.63) is 0 Å². The lowest BCUT2D eigenvalue weighted by molar-refractivity contribution is 0.297. The van der Waals surface area contributed by atoms with Crippen LogP contribution in [0.3, 0.4) is 0 Å². The van der Waals surface area contributed by atoms with Crippen LogP contribution in [0.4, 0.5) is 0 Å². The Morgan fingerprint density at radius 1 is 0.556 bits per heavy atom. The van der Waals surface area contributed by atoms with E-state index in [1.54, 1.807) is 0 Å². The fourth-order valence-electron chi connectivity index (χ4n) is 1.90. The predicted octanol–water partition coefficient (Wildman–Crippen LogP) is 3.20. The molecule has 0 fully saturated rings. The molecule has 0 heterocycles. The first-order valence-electron chi connectivity index (χ1n) is 6.88. The molecule has 0 aliphatic rings. The van der Waals surface area contributed by atoms with Gasteiger partial charge in [-0.3, -0.25) is 0 Å². The van der Waals surface area contributed by atoms with E-state index < -0.39 is 0 Å². The van der Waals surface area contributed by atoms with E-state index in [1.807, 2.05) is 12.7 Å². The molecule has 0 aromatic rings. The number of rotatable bonds is 7. The van der Waals surface area contributed by atoms with Gasteiger partial charge in [0.05, 0.1) is 0 Å². The highest BCUT2D eigenvalue weighted by Crippen LogP contribution is 2.03. The SMILES string of the molecule is CC(C)N(C=NN=CN(C(C)C)C(C)C)C(C)C. The van der Waals surface area contributed by atoms with E-state index in [9.17, 15) is 0 Å². The molecule has 0 spiro atoms. The van der Waals surface area contributed by atoms with Crippen LogP contribution in [0.5, 0.6) is 0 Å². The molecule has 0 radical (unpaired) electrons. The van der Waals surface area contributed by atoms with Crippen molar-refractivity contribution >= 4 is 12.7 Å². The minimum absolute atomic E-state index is 0.440. The lowest BCUT2D eigenvalue weighted by Gasteiger charge is -2.28. The zero-order valence-corrected chi connectivity index (χ0v) is 13.3. The molecule has 0 aliphatic carbocycles. The maximum atomic E-state index is 4.15. The molecule has 0 amide bonds. The zero-order chi connectivity index (χ0) is 14.3. The maximum absolute atomic E-state index is 4.15. The Bertz CT molecular complexity index is 223. The van der Waals surface area contributed by atoms with E-state index in [4.69, 9.17) is 0 Å². The van der Waals surface area contributed by atoms with Crippen molar-refractivity contribution in [2.24, 2.45) is 10.2 Å². The van der Waals surface area contributed by atoms with E-state index in [1.165, 1.54) is 0 Å². The quantitative estimate of drug-likeness (QED) is 0.397. The monoisotopic (exact) mass is 254 g/mol. The molecule has 0 aliphatic heterocycles. The van der Waals surface area contributed by atoms with E-state index in [-0.39, 0.29) is 0 Å². The van der Waals surface area contributed by atoms with Crippen LogP contribution in [0.2, 0.25) is 0 Å². The van der Waals surface area contributed by atoms with Crippen LogP contribution in [0.1, 0.15) is 55.4 Å². The Hall–Kier alpha value is -1.06. The summed E-state index contributed by atoms with van der Waals surface area (Å²) < 4.78 is 0. The normalized spacial score (nSPS) is 12.9. The van der Waals surface area contributed by atoms with Gasteiger partial charge in [-0.2, -0.15) is 0 Å². The van der Waals surface area contributed by atoms with E-state index in [0.717, 1.165) is 0 Å². The van der Waals surface area contributed by atoms with Crippen molar-refractivity contribution in [2.45, 2.75) is 79.6 Å². The first-order valence-corrected chi connectivity index (χ1v) is 6.88. The molecule has 0 atom stereocenters. The Labute approximate surface area is 113 Å². The minimum Gasteiger partial charge on any atom is -0.356 e. The summed E-state index contributed by atoms with van der Waals surface area (Å²) in [6.07, 6.45) is 3.65. The average Bonchev–Trinajstić information content (AvgIpc) is 2.20. The molecule has 4 heteroatoms. The van der Waals surface area contributed by atoms with Crippen LogP contribution in [0.25, 0.3) is 0 Å². The molecule has 0 aromatic carbocycles. The van der Waals surface area contributed by atoms with Gasteiger partial charge in [-0.1, -0.05) is 0 Å². The summed E-state index contributed by atoms with van der Waals surface area (Å²) in [4.78, 5) is 4.37. The summed E-state index contributed by atoms with van der Waals surface area (Å²) in [5, 5.41) is 8.30. The van der Waals surface area contributed by atoms with Crippen molar-refractivity contribution in [1.29, 1.82) is 0 Å². The third kappa shape index (κ3) is 6.03. The van der Waals surface area contributed by atoms with Crippen LogP contribution in [0, 0.1) is 0 Å². The van der Waals surface area contributed by atoms with Gasteiger partial charge < -0.3 is 9.80 Å². The third-order valence-corrected chi connectivity index (χ3v) is 2.82. The summed E-state index contributed by atoms with van der Waals surface area (Å²) in [5.41, 5.74) is 0. The maximum Gasteiger partial charge on any atom is 0.114 e. The summed E-state index contributed by atoms with van der Waals surface area (Å²) in [6, 6.07) is 1.76. The topological polar surface area (TPSA) is 31.2 Å². The molecule has 0 saturated carbocycles. The summed E-state index contributed by atoms with van der Waals surface area (Å²) in [7, 11) is 0. The van der Waals surface area contributed by atoms with E-state index in [2.05, 4.69) is 75.4 Å². The highest BCUT2D eigenvalue weighted by molar-refractivity contribution is 5.59. The molecule has 0 unspecified atom stereocenters. The van der Waals surface area contributed by atoms with Gasteiger partial charge in [0.25, 0.3) is 0 Å². The standard InChI is InChI=1S/C14H30N4/c1-11(2)17(12(3)4)9-15-16-10-18(13(5)6)14(7)8/h9-14H,1-8H3. The van der Waals surface area contributed by atoms with Crippen LogP contribution in [0.15, 0.2) is 10.2 Å². The van der Waals surface area contributed by atoms with Gasteiger partial charge in [-0.05, 0) is 55.4 Å². The molecule has 4 nitrogen and oxygen atoms in total. The van der Waals surface area contributed by atoms with Crippen LogP contribution < -0.4 is 0 Å². The molecule has 106 valence electrons. The molecule has 0 N–H and O–H groups in total. The fourth-order valence-corrected chi connectivity index (χ4v) is 1.90. The summed E-state index contributed by atoms with van der Waals surface area (Å²) in [6.45, 7) is 17.3. The average molecular weight is 254 g/mol. The highest BCUT2D eigenvalue weighted by Gasteiger charge is 2.09. The molecule has 18 heavy (non-hydrogen) atoms. The lowest BCUT2D eigenvalue weighted by Crippen LogP contribution is -2.36. The summed E-state index contributed by atoms with van der Waals surface area (Å²) in [5.74, 6) is 0. The zero-order valence-electron chi connectivity index (χ0n) is 13.3. The Morgan fingerprint density at radius 2 is 0.778 bits per heavy atom. The first-order chi connectivity index (χ1) is 8.27. The Kier molecular flexibility index (Phi) is 7.64. The largest absolute Gasteiger partial charge is 0.356 e. The molecule has 0 aromatic heterocycles. The smallest absolute Gasteiger partial charge is 0.114 e. The second kappa shape index (κ2) is 8.11. The van der Waals surface area contributed by atoms with E-state index in [0.29, 0.717) is 24.2 Å². The van der Waals surface area contributed by atoms with Crippen molar-refractivity contribution in [2.75, 3.05) is 0 Å². The molecule has 0 bridgehead atoms. The van der Waals surface area contributed by atoms with Crippen molar-refractivity contribution in [3.8, 4) is 0 Å². The second-order valence-electron chi connectivity index (χ2n) is 5.73. The van der Waals surface area contributed by atoms with Gasteiger partial charge in [0.2, 0.25) is 0 Å². The van der Waals surface area contributed by atoms with Crippen molar-refractivity contribution in [1.82, 2.24) is 9.80 Å². The van der Waals surface area contributed by atoms with E-state index >= 15 is 0 Å². The summed E-state index contributed by atoms with van der Waals surface area (Å²) >= 11 is 0. The molecular weight excluding hydrogens is 224 g/mol. The minimum atomic E-state index is 0.440. The van der Waals surface area contributed by atoms with Crippen molar-refractivity contribution < 1.29 is 0 Å². The number of nitrogens with zero attached hydrogens (tertiary/aromatic N) is 4. The molecule has 0 saturated heterocycles. The predicted molar refractivity (Wildman–Crippen MR) is 81.2 cm³/mol. The van der Waals surface area contributed by atoms with Crippen LogP contribution in [-0.2, 0) is 0 Å². The Morgan fingerprint density at radius 3 is 0.944 bits per heavy atom. The number of hydrogen-bond acceptors (Lipinski definition) is 2. The lowest BCUT2D eigenvalue weighted by atomic mass is 10.2. The fraction of sp³-hybridized carbons (Fsp3) is 0.857. The van der Waals surface area contributed by atoms with Gasteiger partial charge in [0.15, 0.2) is 0 Å². The van der Waals surface area contributed by atoms with Gasteiger partial charge in [-0.15, -0.1) is 10.2 Å². The molecular formula is C14H30N4. The van der Waals surface area contributed by atoms with Crippen molar-refractivity contribution in [3.63, 3.8) is 0 Å².